The molecule has 3 aromatic heterocycles. The Bertz CT molecular complexity index is 2020. The Morgan fingerprint density at radius 2 is 1.17 bits per heavy atom. The molecule has 0 fully saturated rings. The van der Waals surface area contributed by atoms with Gasteiger partial charge in [0.1, 0.15) is 0 Å². The molecule has 5 aromatic rings. The van der Waals surface area contributed by atoms with Gasteiger partial charge in [-0.3, -0.25) is 4.57 Å². The number of allylic oxidation sites excluding steroid dienone is 1. The van der Waals surface area contributed by atoms with Gasteiger partial charge in [-0.15, -0.1) is 10.2 Å². The lowest BCUT2D eigenvalue weighted by atomic mass is 10.1. The fourth-order valence-corrected chi connectivity index (χ4v) is 6.07. The van der Waals surface area contributed by atoms with Crippen LogP contribution < -0.4 is 0 Å². The number of aliphatic imine (C=N–C) groups is 1. The molecule has 5 heterocycles. The van der Waals surface area contributed by atoms with E-state index in [0.29, 0.717) is 17.4 Å². The third kappa shape index (κ3) is 3.98. The van der Waals surface area contributed by atoms with Gasteiger partial charge in [0.15, 0.2) is 5.65 Å². The van der Waals surface area contributed by atoms with Crippen molar-refractivity contribution >= 4 is 45.8 Å². The van der Waals surface area contributed by atoms with Crippen molar-refractivity contribution in [2.45, 2.75) is 41.5 Å². The maximum Gasteiger partial charge on any atom is 0.259 e. The topological polar surface area (TPSA) is 86.7 Å². The summed E-state index contributed by atoms with van der Waals surface area (Å²) in [4.78, 5) is 19.6. The third-order valence-electron chi connectivity index (χ3n) is 8.12. The van der Waals surface area contributed by atoms with Crippen LogP contribution in [0.25, 0.3) is 45.5 Å². The number of para-hydroxylation sites is 2. The Kier molecular flexibility index (Phi) is 5.93. The monoisotopic (exact) mass is 550 g/mol. The quantitative estimate of drug-likeness (QED) is 0.229. The van der Waals surface area contributed by atoms with Crippen LogP contribution in [-0.4, -0.2) is 40.0 Å². The predicted octanol–water partition coefficient (Wildman–Crippen LogP) is 7.36. The largest absolute Gasteiger partial charge is 0.309 e. The molecule has 7 rings (SSSR count). The fraction of sp³-hybridized carbons (Fsp3) is 0.176. The Balaban J connectivity index is 1.72. The molecule has 0 aliphatic carbocycles. The van der Waals surface area contributed by atoms with Crippen LogP contribution >= 0.6 is 0 Å². The van der Waals surface area contributed by atoms with Crippen LogP contribution in [0.2, 0.25) is 0 Å². The summed E-state index contributed by atoms with van der Waals surface area (Å²) >= 11 is 0. The number of aromatic nitrogens is 7. The highest BCUT2D eigenvalue weighted by atomic mass is 15.3. The van der Waals surface area contributed by atoms with E-state index >= 15 is 0 Å². The molecule has 8 heteroatoms. The average Bonchev–Trinajstić information content (AvgIpc) is 3.73. The van der Waals surface area contributed by atoms with E-state index in [-0.39, 0.29) is 0 Å². The number of rotatable bonds is 2. The smallest absolute Gasteiger partial charge is 0.259 e. The Labute approximate surface area is 243 Å². The summed E-state index contributed by atoms with van der Waals surface area (Å²) in [6, 6.07) is 22.4. The zero-order valence-electron chi connectivity index (χ0n) is 24.5. The molecule has 2 aliphatic rings. The first-order valence-corrected chi connectivity index (χ1v) is 14.0. The summed E-state index contributed by atoms with van der Waals surface area (Å²) in [5.74, 6) is 0.756. The van der Waals surface area contributed by atoms with Crippen LogP contribution in [0.3, 0.4) is 0 Å². The molecule has 206 valence electrons. The predicted molar refractivity (Wildman–Crippen MR) is 169 cm³/mol. The lowest BCUT2D eigenvalue weighted by molar-refractivity contribution is 1.07. The molecule has 0 saturated heterocycles. The van der Waals surface area contributed by atoms with Gasteiger partial charge in [0.25, 0.3) is 11.7 Å². The second-order valence-electron chi connectivity index (χ2n) is 10.8. The van der Waals surface area contributed by atoms with Gasteiger partial charge in [-0.05, 0) is 94.1 Å². The molecular weight excluding hydrogens is 520 g/mol. The maximum atomic E-state index is 5.12. The zero-order chi connectivity index (χ0) is 29.1. The van der Waals surface area contributed by atoms with E-state index in [4.69, 9.17) is 19.9 Å². The molecule has 0 amide bonds. The van der Waals surface area contributed by atoms with E-state index < -0.39 is 0 Å². The molecule has 42 heavy (non-hydrogen) atoms. The second-order valence-corrected chi connectivity index (χ2v) is 10.8. The van der Waals surface area contributed by atoms with Crippen molar-refractivity contribution < 1.29 is 0 Å². The normalized spacial score (nSPS) is 12.8. The number of hydrogen-bond acceptors (Lipinski definition) is 6. The highest BCUT2D eigenvalue weighted by molar-refractivity contribution is 6.03. The first kappa shape index (κ1) is 25.7. The molecule has 2 aliphatic heterocycles. The van der Waals surface area contributed by atoms with Crippen molar-refractivity contribution in [1.82, 2.24) is 34.3 Å². The molecule has 0 N–H and O–H groups in total. The number of hydrogen-bond donors (Lipinski definition) is 0. The highest BCUT2D eigenvalue weighted by Crippen LogP contribution is 2.35. The number of benzene rings is 2. The van der Waals surface area contributed by atoms with Crippen LogP contribution in [0.5, 0.6) is 0 Å². The Hall–Kier alpha value is -5.24. The number of fused-ring (bicyclic) bond motifs is 8. The van der Waals surface area contributed by atoms with Crippen molar-refractivity contribution in [3.63, 3.8) is 0 Å². The summed E-state index contributed by atoms with van der Waals surface area (Å²) in [6.07, 6.45) is 2.10. The summed E-state index contributed by atoms with van der Waals surface area (Å²) < 4.78 is 4.26. The summed E-state index contributed by atoms with van der Waals surface area (Å²) in [5, 5.41) is 8.95. The lowest BCUT2D eigenvalue weighted by Gasteiger charge is -2.12. The van der Waals surface area contributed by atoms with Crippen molar-refractivity contribution in [2.24, 2.45) is 4.99 Å². The molecule has 0 radical (unpaired) electrons. The first-order chi connectivity index (χ1) is 20.3. The molecule has 8 bridgehead atoms. The summed E-state index contributed by atoms with van der Waals surface area (Å²) in [5.41, 5.74) is 13.8. The molecule has 0 spiro atoms. The van der Waals surface area contributed by atoms with Crippen LogP contribution in [-0.2, 0) is 0 Å². The summed E-state index contributed by atoms with van der Waals surface area (Å²) in [6.45, 7) is 12.8. The van der Waals surface area contributed by atoms with Gasteiger partial charge < -0.3 is 4.57 Å². The molecule has 2 aromatic carbocycles. The number of aryl methyl sites for hydroxylation is 4. The number of nitrogens with zero attached hydrogens (tertiary/aromatic N) is 8. The zero-order valence-corrected chi connectivity index (χ0v) is 24.5. The van der Waals surface area contributed by atoms with Crippen molar-refractivity contribution in [3.05, 3.63) is 106 Å². The van der Waals surface area contributed by atoms with E-state index in [1.54, 1.807) is 0 Å². The van der Waals surface area contributed by atoms with Crippen molar-refractivity contribution in [2.75, 3.05) is 0 Å². The molecular formula is C34H30N8. The average molecular weight is 551 g/mol. The van der Waals surface area contributed by atoms with E-state index in [1.165, 1.54) is 11.1 Å². The van der Waals surface area contributed by atoms with E-state index in [0.717, 1.165) is 61.9 Å². The third-order valence-corrected chi connectivity index (χ3v) is 8.12. The first-order valence-electron chi connectivity index (χ1n) is 14.0. The molecule has 8 nitrogen and oxygen atoms in total. The van der Waals surface area contributed by atoms with Crippen LogP contribution in [0.15, 0.2) is 71.7 Å². The lowest BCUT2D eigenvalue weighted by Crippen LogP contribution is -2.01. The Morgan fingerprint density at radius 1 is 0.571 bits per heavy atom. The van der Waals surface area contributed by atoms with E-state index in [9.17, 15) is 0 Å². The molecule has 0 unspecified atom stereocenters. The van der Waals surface area contributed by atoms with Crippen LogP contribution in [0.4, 0.5) is 5.95 Å². The Morgan fingerprint density at radius 3 is 1.81 bits per heavy atom. The maximum absolute atomic E-state index is 5.12. The van der Waals surface area contributed by atoms with Gasteiger partial charge in [-0.25, -0.2) is 15.0 Å². The van der Waals surface area contributed by atoms with E-state index in [1.807, 2.05) is 54.0 Å². The molecule has 0 saturated carbocycles. The van der Waals surface area contributed by atoms with E-state index in [2.05, 4.69) is 79.7 Å². The van der Waals surface area contributed by atoms with Crippen LogP contribution in [0, 0.1) is 27.7 Å². The van der Waals surface area contributed by atoms with Gasteiger partial charge in [0.2, 0.25) is 0 Å². The standard InChI is InChI=1S/C34H30N8/c1-19-17-25-18-28-39-40-34(41(28)26-13-9-7-10-14-26)38-33-35-24(6)30(37-33)23(5)32-21(3)20(2)31(22(4)29(19)36-25)42(32)27-15-11-8-12-16-27/h7-18H,1-6H3. The van der Waals surface area contributed by atoms with Gasteiger partial charge in [-0.2, -0.15) is 4.98 Å². The minimum absolute atomic E-state index is 0.352. The van der Waals surface area contributed by atoms with Crippen molar-refractivity contribution in [1.29, 1.82) is 0 Å². The summed E-state index contributed by atoms with van der Waals surface area (Å²) in [7, 11) is 0. The van der Waals surface area contributed by atoms with Gasteiger partial charge in [0.05, 0.1) is 39.5 Å². The minimum Gasteiger partial charge on any atom is -0.309 e. The minimum atomic E-state index is 0.352. The van der Waals surface area contributed by atoms with Gasteiger partial charge in [-0.1, -0.05) is 36.4 Å². The van der Waals surface area contributed by atoms with Gasteiger partial charge in [0, 0.05) is 17.3 Å². The van der Waals surface area contributed by atoms with Gasteiger partial charge >= 0.3 is 0 Å². The van der Waals surface area contributed by atoms with Crippen molar-refractivity contribution in [3.8, 4) is 11.4 Å². The fourth-order valence-electron chi connectivity index (χ4n) is 6.07. The SMILES string of the molecule is CC1=Cc2cc3nnc(nc4nc(c(C)c5c(C)c(C)c(c(C)c1n2)n5-c1ccccc1)C(C)=N4)n3-c1ccccc1. The molecule has 0 atom stereocenters. The highest BCUT2D eigenvalue weighted by Gasteiger charge is 2.22. The van der Waals surface area contributed by atoms with Crippen LogP contribution in [0.1, 0.15) is 53.2 Å². The second kappa shape index (κ2) is 9.69.